The molecule has 1 saturated heterocycles. The minimum atomic E-state index is 0.269. The van der Waals surface area contributed by atoms with Crippen LogP contribution in [0.4, 0.5) is 0 Å². The van der Waals surface area contributed by atoms with Gasteiger partial charge in [-0.25, -0.2) is 0 Å². The Morgan fingerprint density at radius 3 is 2.58 bits per heavy atom. The number of benzene rings is 1. The number of aryl methyl sites for hydroxylation is 1. The Balaban J connectivity index is 1.85. The molecule has 1 aromatic carbocycles. The van der Waals surface area contributed by atoms with E-state index in [1.165, 1.54) is 41.3 Å². The molecule has 3 aromatic rings. The zero-order valence-electron chi connectivity index (χ0n) is 14.2. The van der Waals surface area contributed by atoms with Gasteiger partial charge >= 0.3 is 0 Å². The van der Waals surface area contributed by atoms with Gasteiger partial charge in [-0.2, -0.15) is 0 Å². The van der Waals surface area contributed by atoms with Gasteiger partial charge in [-0.3, -0.25) is 14.9 Å². The highest BCUT2D eigenvalue weighted by atomic mass is 15.2. The highest BCUT2D eigenvalue weighted by Gasteiger charge is 2.26. The standard InChI is InChI=1S/C21H23N3/c1-16-19(10-9-17-7-6-12-23-20(16)17)21(18-8-5-11-22-15-18)24-13-3-2-4-14-24/h5-12,15,21H,2-4,13-14H2,1H3. The highest BCUT2D eigenvalue weighted by Crippen LogP contribution is 2.34. The molecule has 0 bridgehead atoms. The number of rotatable bonds is 3. The van der Waals surface area contributed by atoms with E-state index in [2.05, 4.69) is 46.1 Å². The van der Waals surface area contributed by atoms with Gasteiger partial charge in [0.15, 0.2) is 0 Å². The summed E-state index contributed by atoms with van der Waals surface area (Å²) in [5.74, 6) is 0. The molecule has 3 nitrogen and oxygen atoms in total. The Kier molecular flexibility index (Phi) is 4.26. The Labute approximate surface area is 143 Å². The molecule has 122 valence electrons. The normalized spacial score (nSPS) is 17.0. The first-order valence-electron chi connectivity index (χ1n) is 8.83. The van der Waals surface area contributed by atoms with Crippen molar-refractivity contribution in [2.24, 2.45) is 0 Å². The Morgan fingerprint density at radius 1 is 0.958 bits per heavy atom. The average molecular weight is 317 g/mol. The molecule has 0 spiro atoms. The van der Waals surface area contributed by atoms with Crippen LogP contribution in [0.15, 0.2) is 55.0 Å². The molecule has 2 aromatic heterocycles. The van der Waals surface area contributed by atoms with E-state index in [1.807, 2.05) is 30.7 Å². The van der Waals surface area contributed by atoms with E-state index in [9.17, 15) is 0 Å². The van der Waals surface area contributed by atoms with Crippen molar-refractivity contribution in [3.63, 3.8) is 0 Å². The van der Waals surface area contributed by atoms with Crippen molar-refractivity contribution in [1.82, 2.24) is 14.9 Å². The van der Waals surface area contributed by atoms with Crippen molar-refractivity contribution >= 4 is 10.9 Å². The number of hydrogen-bond donors (Lipinski definition) is 0. The number of likely N-dealkylation sites (tertiary alicyclic amines) is 1. The molecule has 0 aliphatic carbocycles. The molecule has 0 radical (unpaired) electrons. The molecule has 1 unspecified atom stereocenters. The molecule has 4 rings (SSSR count). The molecular weight excluding hydrogens is 294 g/mol. The first-order valence-corrected chi connectivity index (χ1v) is 8.83. The van der Waals surface area contributed by atoms with Crippen molar-refractivity contribution in [3.05, 3.63) is 71.7 Å². The van der Waals surface area contributed by atoms with Crippen LogP contribution in [-0.4, -0.2) is 28.0 Å². The summed E-state index contributed by atoms with van der Waals surface area (Å²) < 4.78 is 0. The Hall–Kier alpha value is -2.26. The van der Waals surface area contributed by atoms with E-state index < -0.39 is 0 Å². The fourth-order valence-corrected chi connectivity index (χ4v) is 3.90. The second-order valence-electron chi connectivity index (χ2n) is 6.64. The monoisotopic (exact) mass is 317 g/mol. The minimum Gasteiger partial charge on any atom is -0.292 e. The maximum Gasteiger partial charge on any atom is 0.0734 e. The number of hydrogen-bond acceptors (Lipinski definition) is 3. The summed E-state index contributed by atoms with van der Waals surface area (Å²) in [6.07, 6.45) is 9.66. The van der Waals surface area contributed by atoms with Gasteiger partial charge in [-0.15, -0.1) is 0 Å². The smallest absolute Gasteiger partial charge is 0.0734 e. The van der Waals surface area contributed by atoms with Gasteiger partial charge in [-0.05, 0) is 61.7 Å². The fraction of sp³-hybridized carbons (Fsp3) is 0.333. The number of fused-ring (bicyclic) bond motifs is 1. The predicted octanol–water partition coefficient (Wildman–Crippen LogP) is 4.51. The first-order chi connectivity index (χ1) is 11.8. The van der Waals surface area contributed by atoms with Crippen molar-refractivity contribution in [2.75, 3.05) is 13.1 Å². The van der Waals surface area contributed by atoms with E-state index in [0.717, 1.165) is 18.6 Å². The lowest BCUT2D eigenvalue weighted by atomic mass is 9.91. The number of nitrogens with zero attached hydrogens (tertiary/aromatic N) is 3. The first kappa shape index (κ1) is 15.3. The summed E-state index contributed by atoms with van der Waals surface area (Å²) in [7, 11) is 0. The second-order valence-corrected chi connectivity index (χ2v) is 6.64. The Bertz CT molecular complexity index is 823. The largest absolute Gasteiger partial charge is 0.292 e. The third-order valence-electron chi connectivity index (χ3n) is 5.12. The fourth-order valence-electron chi connectivity index (χ4n) is 3.90. The molecular formula is C21H23N3. The van der Waals surface area contributed by atoms with Crippen molar-refractivity contribution in [3.8, 4) is 0 Å². The van der Waals surface area contributed by atoms with Crippen LogP contribution in [0, 0.1) is 6.92 Å². The maximum atomic E-state index is 4.63. The quantitative estimate of drug-likeness (QED) is 0.711. The number of pyridine rings is 2. The SMILES string of the molecule is Cc1c(C(c2cccnc2)N2CCCCC2)ccc2cccnc12. The zero-order chi connectivity index (χ0) is 16.4. The van der Waals surface area contributed by atoms with Crippen LogP contribution in [0.3, 0.4) is 0 Å². The topological polar surface area (TPSA) is 29.0 Å². The maximum absolute atomic E-state index is 4.63. The Morgan fingerprint density at radius 2 is 1.79 bits per heavy atom. The lowest BCUT2D eigenvalue weighted by molar-refractivity contribution is 0.187. The summed E-state index contributed by atoms with van der Waals surface area (Å²) in [6, 6.07) is 13.1. The van der Waals surface area contributed by atoms with Gasteiger partial charge in [0.05, 0.1) is 11.6 Å². The molecule has 1 atom stereocenters. The highest BCUT2D eigenvalue weighted by molar-refractivity contribution is 5.82. The van der Waals surface area contributed by atoms with Gasteiger partial charge < -0.3 is 0 Å². The van der Waals surface area contributed by atoms with Crippen molar-refractivity contribution < 1.29 is 0 Å². The van der Waals surface area contributed by atoms with Crippen LogP contribution < -0.4 is 0 Å². The summed E-state index contributed by atoms with van der Waals surface area (Å²) in [6.45, 7) is 4.51. The van der Waals surface area contributed by atoms with Crippen molar-refractivity contribution in [1.29, 1.82) is 0 Å². The minimum absolute atomic E-state index is 0.269. The van der Waals surface area contributed by atoms with Gasteiger partial charge in [0, 0.05) is 24.0 Å². The van der Waals surface area contributed by atoms with E-state index >= 15 is 0 Å². The summed E-state index contributed by atoms with van der Waals surface area (Å²) in [4.78, 5) is 11.6. The van der Waals surface area contributed by atoms with Crippen molar-refractivity contribution in [2.45, 2.75) is 32.2 Å². The number of aromatic nitrogens is 2. The molecule has 0 amide bonds. The molecule has 1 fully saturated rings. The van der Waals surface area contributed by atoms with Gasteiger partial charge in [0.1, 0.15) is 0 Å². The van der Waals surface area contributed by atoms with E-state index in [0.29, 0.717) is 0 Å². The molecule has 3 heterocycles. The summed E-state index contributed by atoms with van der Waals surface area (Å²) in [5, 5.41) is 1.21. The van der Waals surface area contributed by atoms with Crippen LogP contribution in [0.25, 0.3) is 10.9 Å². The lowest BCUT2D eigenvalue weighted by Gasteiger charge is -2.36. The van der Waals surface area contributed by atoms with Crippen LogP contribution in [0.1, 0.15) is 42.0 Å². The van der Waals surface area contributed by atoms with Gasteiger partial charge in [0.2, 0.25) is 0 Å². The van der Waals surface area contributed by atoms with Gasteiger partial charge in [0.25, 0.3) is 0 Å². The third kappa shape index (κ3) is 2.80. The van der Waals surface area contributed by atoms with E-state index in [-0.39, 0.29) is 6.04 Å². The molecule has 1 aliphatic heterocycles. The van der Waals surface area contributed by atoms with Crippen LogP contribution in [0.5, 0.6) is 0 Å². The second kappa shape index (κ2) is 6.70. The van der Waals surface area contributed by atoms with E-state index in [4.69, 9.17) is 0 Å². The summed E-state index contributed by atoms with van der Waals surface area (Å²) >= 11 is 0. The van der Waals surface area contributed by atoms with Crippen LogP contribution >= 0.6 is 0 Å². The zero-order valence-corrected chi connectivity index (χ0v) is 14.2. The van der Waals surface area contributed by atoms with Crippen LogP contribution in [0.2, 0.25) is 0 Å². The predicted molar refractivity (Wildman–Crippen MR) is 98.0 cm³/mol. The third-order valence-corrected chi connectivity index (χ3v) is 5.12. The molecule has 0 N–H and O–H groups in total. The average Bonchev–Trinajstić information content (AvgIpc) is 2.66. The molecule has 3 heteroatoms. The van der Waals surface area contributed by atoms with Crippen LogP contribution in [-0.2, 0) is 0 Å². The van der Waals surface area contributed by atoms with E-state index in [1.54, 1.807) is 0 Å². The molecule has 24 heavy (non-hydrogen) atoms. The molecule has 1 aliphatic rings. The number of piperidine rings is 1. The summed E-state index contributed by atoms with van der Waals surface area (Å²) in [5.41, 5.74) is 5.03. The lowest BCUT2D eigenvalue weighted by Crippen LogP contribution is -2.34. The van der Waals surface area contributed by atoms with Gasteiger partial charge in [-0.1, -0.05) is 30.7 Å². The molecule has 0 saturated carbocycles.